The molecule has 0 unspecified atom stereocenters. The number of carbonyl (C=O) groups excluding carboxylic acids is 2. The van der Waals surface area contributed by atoms with Gasteiger partial charge in [0.1, 0.15) is 5.82 Å². The van der Waals surface area contributed by atoms with Crippen LogP contribution in [0.2, 0.25) is 0 Å². The van der Waals surface area contributed by atoms with E-state index in [4.69, 9.17) is 0 Å². The van der Waals surface area contributed by atoms with Crippen molar-refractivity contribution in [3.63, 3.8) is 0 Å². The highest BCUT2D eigenvalue weighted by Crippen LogP contribution is 2.22. The molecule has 0 aliphatic carbocycles. The van der Waals surface area contributed by atoms with Crippen LogP contribution in [-0.2, 0) is 4.74 Å². The highest BCUT2D eigenvalue weighted by molar-refractivity contribution is 9.10. The SMILES string of the molecule is COC(=O)c1cc(Br)cc(C(=O)c2cc(F)cc(Br)c2)c1. The minimum atomic E-state index is -0.550. The van der Waals surface area contributed by atoms with Gasteiger partial charge in [0, 0.05) is 20.1 Å². The third kappa shape index (κ3) is 3.77. The Kier molecular flexibility index (Phi) is 4.90. The van der Waals surface area contributed by atoms with Gasteiger partial charge in [-0.3, -0.25) is 4.79 Å². The minimum Gasteiger partial charge on any atom is -0.465 e. The molecular weight excluding hydrogens is 407 g/mol. The maximum atomic E-state index is 13.4. The maximum absolute atomic E-state index is 13.4. The fraction of sp³-hybridized carbons (Fsp3) is 0.0667. The van der Waals surface area contributed by atoms with Crippen molar-refractivity contribution < 1.29 is 18.7 Å². The molecule has 0 saturated heterocycles. The molecule has 2 aromatic carbocycles. The molecule has 0 heterocycles. The number of hydrogen-bond donors (Lipinski definition) is 0. The summed E-state index contributed by atoms with van der Waals surface area (Å²) in [5.74, 6) is -1.46. The Morgan fingerprint density at radius 1 is 0.905 bits per heavy atom. The number of hydrogen-bond acceptors (Lipinski definition) is 3. The third-order valence-electron chi connectivity index (χ3n) is 2.71. The molecule has 0 atom stereocenters. The molecule has 21 heavy (non-hydrogen) atoms. The summed E-state index contributed by atoms with van der Waals surface area (Å²) in [4.78, 5) is 24.0. The van der Waals surface area contributed by atoms with Crippen LogP contribution in [0, 0.1) is 5.82 Å². The van der Waals surface area contributed by atoms with E-state index in [2.05, 4.69) is 36.6 Å². The number of methoxy groups -OCH3 is 1. The largest absolute Gasteiger partial charge is 0.465 e. The van der Waals surface area contributed by atoms with Gasteiger partial charge >= 0.3 is 5.97 Å². The van der Waals surface area contributed by atoms with Crippen LogP contribution in [0.4, 0.5) is 4.39 Å². The summed E-state index contributed by atoms with van der Waals surface area (Å²) in [5.41, 5.74) is 0.698. The molecule has 0 N–H and O–H groups in total. The Balaban J connectivity index is 2.48. The molecule has 2 aromatic rings. The second-order valence-corrected chi connectivity index (χ2v) is 6.04. The zero-order chi connectivity index (χ0) is 15.6. The average molecular weight is 416 g/mol. The van der Waals surface area contributed by atoms with E-state index in [1.165, 1.54) is 25.3 Å². The number of ketones is 1. The van der Waals surface area contributed by atoms with Gasteiger partial charge in [-0.1, -0.05) is 31.9 Å². The minimum absolute atomic E-state index is 0.191. The number of ether oxygens (including phenoxy) is 1. The number of rotatable bonds is 3. The molecule has 108 valence electrons. The molecular formula is C15H9Br2FO3. The van der Waals surface area contributed by atoms with Crippen molar-refractivity contribution in [1.29, 1.82) is 0 Å². The summed E-state index contributed by atoms with van der Waals surface area (Å²) >= 11 is 6.38. The molecule has 0 bridgehead atoms. The monoisotopic (exact) mass is 414 g/mol. The van der Waals surface area contributed by atoms with Gasteiger partial charge in [0.2, 0.25) is 0 Å². The standard InChI is InChI=1S/C15H9Br2FO3/c1-21-15(20)10-2-8(3-11(16)5-10)14(19)9-4-12(17)7-13(18)6-9/h2-7H,1H3. The highest BCUT2D eigenvalue weighted by atomic mass is 79.9. The van der Waals surface area contributed by atoms with Gasteiger partial charge in [-0.15, -0.1) is 0 Å². The normalized spacial score (nSPS) is 10.3. The second kappa shape index (κ2) is 6.49. The molecule has 2 rings (SSSR count). The number of halogens is 3. The lowest BCUT2D eigenvalue weighted by atomic mass is 10.0. The topological polar surface area (TPSA) is 43.4 Å². The molecule has 6 heteroatoms. The van der Waals surface area contributed by atoms with E-state index in [0.29, 0.717) is 8.95 Å². The summed E-state index contributed by atoms with van der Waals surface area (Å²) < 4.78 is 19.0. The van der Waals surface area contributed by atoms with Crippen LogP contribution in [0.3, 0.4) is 0 Å². The molecule has 0 amide bonds. The lowest BCUT2D eigenvalue weighted by Crippen LogP contribution is -2.06. The van der Waals surface area contributed by atoms with Crippen molar-refractivity contribution >= 4 is 43.6 Å². The molecule has 0 aliphatic rings. The summed E-state index contributed by atoms with van der Waals surface area (Å²) in [7, 11) is 1.26. The van der Waals surface area contributed by atoms with Gasteiger partial charge in [-0.2, -0.15) is 0 Å². The first-order chi connectivity index (χ1) is 9.90. The van der Waals surface area contributed by atoms with Crippen LogP contribution in [-0.4, -0.2) is 18.9 Å². The van der Waals surface area contributed by atoms with Crippen LogP contribution in [0.1, 0.15) is 26.3 Å². The molecule has 0 aliphatic heterocycles. The third-order valence-corrected chi connectivity index (χ3v) is 3.62. The predicted octanol–water partition coefficient (Wildman–Crippen LogP) is 4.37. The molecule has 0 spiro atoms. The van der Waals surface area contributed by atoms with Crippen molar-refractivity contribution in [2.24, 2.45) is 0 Å². The number of benzene rings is 2. The number of esters is 1. The van der Waals surface area contributed by atoms with Crippen LogP contribution in [0.5, 0.6) is 0 Å². The highest BCUT2D eigenvalue weighted by Gasteiger charge is 2.15. The van der Waals surface area contributed by atoms with E-state index in [0.717, 1.165) is 6.07 Å². The fourth-order valence-corrected chi connectivity index (χ4v) is 2.77. The first kappa shape index (κ1) is 15.9. The van der Waals surface area contributed by atoms with Crippen molar-refractivity contribution in [1.82, 2.24) is 0 Å². The van der Waals surface area contributed by atoms with Gasteiger partial charge in [-0.25, -0.2) is 9.18 Å². The second-order valence-electron chi connectivity index (χ2n) is 4.21. The first-order valence-electron chi connectivity index (χ1n) is 5.80. The molecule has 3 nitrogen and oxygen atoms in total. The van der Waals surface area contributed by atoms with E-state index in [1.807, 2.05) is 0 Å². The van der Waals surface area contributed by atoms with Crippen molar-refractivity contribution in [3.05, 3.63) is 67.9 Å². The van der Waals surface area contributed by atoms with Gasteiger partial charge < -0.3 is 4.74 Å². The molecule has 0 saturated carbocycles. The van der Waals surface area contributed by atoms with Gasteiger partial charge in [-0.05, 0) is 36.4 Å². The maximum Gasteiger partial charge on any atom is 0.337 e. The quantitative estimate of drug-likeness (QED) is 0.552. The van der Waals surface area contributed by atoms with Crippen LogP contribution in [0.15, 0.2) is 45.3 Å². The summed E-state index contributed by atoms with van der Waals surface area (Å²) in [5, 5.41) is 0. The lowest BCUT2D eigenvalue weighted by molar-refractivity contribution is 0.0600. The average Bonchev–Trinajstić information content (AvgIpc) is 2.43. The zero-order valence-corrected chi connectivity index (χ0v) is 14.0. The van der Waals surface area contributed by atoms with E-state index in [-0.39, 0.29) is 22.5 Å². The fourth-order valence-electron chi connectivity index (χ4n) is 1.81. The van der Waals surface area contributed by atoms with Crippen LogP contribution < -0.4 is 0 Å². The van der Waals surface area contributed by atoms with Crippen LogP contribution >= 0.6 is 31.9 Å². The molecule has 0 aromatic heterocycles. The van der Waals surface area contributed by atoms with E-state index < -0.39 is 11.8 Å². The molecule has 0 fully saturated rings. The number of carbonyl (C=O) groups is 2. The predicted molar refractivity (Wildman–Crippen MR) is 83.0 cm³/mol. The summed E-state index contributed by atoms with van der Waals surface area (Å²) in [6, 6.07) is 8.45. The Bertz CT molecular complexity index is 709. The Morgan fingerprint density at radius 3 is 2.00 bits per heavy atom. The van der Waals surface area contributed by atoms with Crippen LogP contribution in [0.25, 0.3) is 0 Å². The van der Waals surface area contributed by atoms with Crippen molar-refractivity contribution in [3.8, 4) is 0 Å². The lowest BCUT2D eigenvalue weighted by Gasteiger charge is -2.06. The Morgan fingerprint density at radius 2 is 1.43 bits per heavy atom. The van der Waals surface area contributed by atoms with E-state index in [1.54, 1.807) is 12.1 Å². The van der Waals surface area contributed by atoms with Gasteiger partial charge in [0.15, 0.2) is 5.78 Å². The first-order valence-corrected chi connectivity index (χ1v) is 7.39. The molecule has 0 radical (unpaired) electrons. The van der Waals surface area contributed by atoms with E-state index >= 15 is 0 Å². The summed E-state index contributed by atoms with van der Waals surface area (Å²) in [6.07, 6.45) is 0. The smallest absolute Gasteiger partial charge is 0.337 e. The zero-order valence-electron chi connectivity index (χ0n) is 10.8. The Labute approximate surface area is 137 Å². The summed E-state index contributed by atoms with van der Waals surface area (Å²) in [6.45, 7) is 0. The van der Waals surface area contributed by atoms with Crippen molar-refractivity contribution in [2.45, 2.75) is 0 Å². The Hall–Kier alpha value is -1.53. The van der Waals surface area contributed by atoms with E-state index in [9.17, 15) is 14.0 Å². The van der Waals surface area contributed by atoms with Crippen molar-refractivity contribution in [2.75, 3.05) is 7.11 Å². The van der Waals surface area contributed by atoms with Gasteiger partial charge in [0.25, 0.3) is 0 Å². The van der Waals surface area contributed by atoms with Gasteiger partial charge in [0.05, 0.1) is 12.7 Å².